The average molecular weight is 538 g/mol. The van der Waals surface area contributed by atoms with Crippen molar-refractivity contribution in [2.75, 3.05) is 11.5 Å². The molecule has 1 N–H and O–H groups in total. The lowest BCUT2D eigenvalue weighted by Crippen LogP contribution is -2.29. The van der Waals surface area contributed by atoms with Crippen LogP contribution in [0, 0.1) is 11.7 Å². The van der Waals surface area contributed by atoms with E-state index in [-0.39, 0.29) is 11.3 Å². The number of carbonyl (C=O) groups excluding carboxylic acids is 2. The number of hydrogen-bond donors (Lipinski definition) is 1. The Hall–Kier alpha value is -4.91. The lowest BCUT2D eigenvalue weighted by molar-refractivity contribution is -0.132. The summed E-state index contributed by atoms with van der Waals surface area (Å²) in [6, 6.07) is 27.2. The maximum atomic E-state index is 13.8. The zero-order valence-corrected chi connectivity index (χ0v) is 22.1. The molecule has 1 aliphatic heterocycles. The third-order valence-corrected chi connectivity index (χ3v) is 6.39. The molecular weight excluding hydrogens is 509 g/mol. The number of ether oxygens (including phenoxy) is 2. The summed E-state index contributed by atoms with van der Waals surface area (Å²) in [4.78, 5) is 28.2. The molecule has 202 valence electrons. The normalized spacial score (nSPS) is 16.4. The lowest BCUT2D eigenvalue weighted by Gasteiger charge is -2.26. The molecule has 4 aromatic rings. The third kappa shape index (κ3) is 5.59. The summed E-state index contributed by atoms with van der Waals surface area (Å²) in [5.41, 5.74) is 1.09. The van der Waals surface area contributed by atoms with Gasteiger partial charge in [-0.15, -0.1) is 0 Å². The second kappa shape index (κ2) is 11.5. The van der Waals surface area contributed by atoms with Crippen molar-refractivity contribution in [3.05, 3.63) is 126 Å². The summed E-state index contributed by atoms with van der Waals surface area (Å²) >= 11 is 0. The maximum absolute atomic E-state index is 13.8. The summed E-state index contributed by atoms with van der Waals surface area (Å²) in [7, 11) is 0. The van der Waals surface area contributed by atoms with Crippen LogP contribution in [-0.2, 0) is 9.59 Å². The molecule has 1 amide bonds. The first-order valence-corrected chi connectivity index (χ1v) is 12.9. The van der Waals surface area contributed by atoms with E-state index in [1.54, 1.807) is 48.5 Å². The van der Waals surface area contributed by atoms with Crippen molar-refractivity contribution in [3.63, 3.8) is 0 Å². The second-order valence-corrected chi connectivity index (χ2v) is 9.87. The molecule has 1 atom stereocenters. The number of anilines is 1. The van der Waals surface area contributed by atoms with Crippen molar-refractivity contribution in [1.82, 2.24) is 0 Å². The van der Waals surface area contributed by atoms with Crippen LogP contribution in [0.1, 0.15) is 31.0 Å². The third-order valence-electron chi connectivity index (χ3n) is 6.39. The first-order chi connectivity index (χ1) is 19.3. The van der Waals surface area contributed by atoms with E-state index >= 15 is 0 Å². The number of amides is 1. The summed E-state index contributed by atoms with van der Waals surface area (Å²) in [6.45, 7) is 4.53. The van der Waals surface area contributed by atoms with Gasteiger partial charge in [-0.3, -0.25) is 14.5 Å². The van der Waals surface area contributed by atoms with E-state index in [0.717, 1.165) is 0 Å². The predicted molar refractivity (Wildman–Crippen MR) is 151 cm³/mol. The topological polar surface area (TPSA) is 76.1 Å². The number of Topliss-reactive ketones (excluding diaryl/α,β-unsaturated/α-hetero) is 1. The Morgan fingerprint density at radius 1 is 0.850 bits per heavy atom. The van der Waals surface area contributed by atoms with E-state index in [0.29, 0.717) is 46.6 Å². The maximum Gasteiger partial charge on any atom is 0.300 e. The van der Waals surface area contributed by atoms with E-state index < -0.39 is 23.5 Å². The molecule has 1 fully saturated rings. The van der Waals surface area contributed by atoms with Crippen LogP contribution >= 0.6 is 0 Å². The van der Waals surface area contributed by atoms with Gasteiger partial charge in [-0.2, -0.15) is 0 Å². The fourth-order valence-electron chi connectivity index (χ4n) is 4.54. The first-order valence-electron chi connectivity index (χ1n) is 12.9. The van der Waals surface area contributed by atoms with Gasteiger partial charge in [0.05, 0.1) is 18.2 Å². The van der Waals surface area contributed by atoms with Crippen molar-refractivity contribution in [3.8, 4) is 17.2 Å². The van der Waals surface area contributed by atoms with Crippen molar-refractivity contribution >= 4 is 23.1 Å². The van der Waals surface area contributed by atoms with Gasteiger partial charge in [-0.25, -0.2) is 4.39 Å². The summed E-state index contributed by atoms with van der Waals surface area (Å²) in [5.74, 6) is -0.577. The fraction of sp³-hybridized carbons (Fsp3) is 0.152. The van der Waals surface area contributed by atoms with Gasteiger partial charge in [0.15, 0.2) is 0 Å². The van der Waals surface area contributed by atoms with Crippen LogP contribution in [0.4, 0.5) is 10.1 Å². The molecule has 0 bridgehead atoms. The lowest BCUT2D eigenvalue weighted by atomic mass is 9.95. The number of aliphatic hydroxyl groups is 1. The Labute approximate surface area is 231 Å². The van der Waals surface area contributed by atoms with Crippen LogP contribution in [0.2, 0.25) is 0 Å². The number of benzene rings is 4. The molecule has 0 aromatic heterocycles. The minimum Gasteiger partial charge on any atom is -0.507 e. The van der Waals surface area contributed by atoms with Crippen LogP contribution < -0.4 is 14.4 Å². The van der Waals surface area contributed by atoms with Crippen LogP contribution in [-0.4, -0.2) is 23.4 Å². The molecular formula is C33H28FNO5. The molecule has 4 aromatic carbocycles. The number of halogens is 1. The number of rotatable bonds is 8. The van der Waals surface area contributed by atoms with Gasteiger partial charge in [0.2, 0.25) is 0 Å². The smallest absolute Gasteiger partial charge is 0.300 e. The number of hydrogen-bond acceptors (Lipinski definition) is 5. The molecule has 0 radical (unpaired) electrons. The Kier molecular flexibility index (Phi) is 7.64. The van der Waals surface area contributed by atoms with Crippen LogP contribution in [0.15, 0.2) is 109 Å². The minimum atomic E-state index is -0.995. The number of ketones is 1. The van der Waals surface area contributed by atoms with E-state index in [1.807, 2.05) is 44.2 Å². The molecule has 0 aliphatic carbocycles. The van der Waals surface area contributed by atoms with Crippen molar-refractivity contribution < 1.29 is 28.6 Å². The zero-order chi connectivity index (χ0) is 28.2. The van der Waals surface area contributed by atoms with Crippen molar-refractivity contribution in [2.24, 2.45) is 5.92 Å². The Morgan fingerprint density at radius 2 is 1.52 bits per heavy atom. The van der Waals surface area contributed by atoms with Gasteiger partial charge in [0, 0.05) is 11.3 Å². The molecule has 0 saturated carbocycles. The van der Waals surface area contributed by atoms with Crippen LogP contribution in [0.25, 0.3) is 5.76 Å². The van der Waals surface area contributed by atoms with E-state index in [1.165, 1.54) is 29.2 Å². The molecule has 0 spiro atoms. The predicted octanol–water partition coefficient (Wildman–Crippen LogP) is 7.28. The molecule has 40 heavy (non-hydrogen) atoms. The van der Waals surface area contributed by atoms with Gasteiger partial charge in [-0.05, 0) is 72.1 Å². The number of carbonyl (C=O) groups is 2. The zero-order valence-electron chi connectivity index (χ0n) is 22.1. The van der Waals surface area contributed by atoms with Crippen LogP contribution in [0.5, 0.6) is 17.2 Å². The highest BCUT2D eigenvalue weighted by Crippen LogP contribution is 2.43. The van der Waals surface area contributed by atoms with Gasteiger partial charge in [0.1, 0.15) is 28.8 Å². The van der Waals surface area contributed by atoms with Gasteiger partial charge in [-0.1, -0.05) is 56.3 Å². The highest BCUT2D eigenvalue weighted by atomic mass is 19.1. The molecule has 7 heteroatoms. The number of nitrogens with zero attached hydrogens (tertiary/aromatic N) is 1. The van der Waals surface area contributed by atoms with E-state index in [9.17, 15) is 19.1 Å². The van der Waals surface area contributed by atoms with E-state index in [4.69, 9.17) is 9.47 Å². The summed E-state index contributed by atoms with van der Waals surface area (Å²) in [5, 5.41) is 11.5. The van der Waals surface area contributed by atoms with E-state index in [2.05, 4.69) is 0 Å². The number of para-hydroxylation sites is 1. The SMILES string of the molecule is CC(C)COc1cccc(/C(O)=C2/C(=O)C(=O)N(c3ccc(F)cc3)C2c2cccc(Oc3ccccc3)c2)c1. The number of aliphatic hydroxyl groups excluding tert-OH is 1. The van der Waals surface area contributed by atoms with Crippen LogP contribution in [0.3, 0.4) is 0 Å². The molecule has 1 heterocycles. The van der Waals surface area contributed by atoms with Gasteiger partial charge < -0.3 is 14.6 Å². The first kappa shape index (κ1) is 26.7. The largest absolute Gasteiger partial charge is 0.507 e. The molecule has 5 rings (SSSR count). The van der Waals surface area contributed by atoms with Gasteiger partial charge in [0.25, 0.3) is 11.7 Å². The minimum absolute atomic E-state index is 0.0906. The molecule has 1 aliphatic rings. The Balaban J connectivity index is 1.62. The molecule has 1 unspecified atom stereocenters. The highest BCUT2D eigenvalue weighted by Gasteiger charge is 2.47. The summed E-state index contributed by atoms with van der Waals surface area (Å²) < 4.78 is 25.6. The van der Waals surface area contributed by atoms with Gasteiger partial charge >= 0.3 is 0 Å². The summed E-state index contributed by atoms with van der Waals surface area (Å²) in [6.07, 6.45) is 0. The molecule has 1 saturated heterocycles. The Bertz CT molecular complexity index is 1560. The molecule has 6 nitrogen and oxygen atoms in total. The highest BCUT2D eigenvalue weighted by molar-refractivity contribution is 6.51. The van der Waals surface area contributed by atoms with Crippen molar-refractivity contribution in [2.45, 2.75) is 19.9 Å². The second-order valence-electron chi connectivity index (χ2n) is 9.87. The van der Waals surface area contributed by atoms with Crippen molar-refractivity contribution in [1.29, 1.82) is 0 Å². The standard InChI is InChI=1S/C33H28FNO5/c1-21(2)20-39-27-12-7-9-23(19-27)31(36)29-30(35(33(38)32(29)37)25-16-14-24(34)15-17-25)22-8-6-13-28(18-22)40-26-10-4-3-5-11-26/h3-19,21,30,36H,20H2,1-2H3/b31-29-. The Morgan fingerprint density at radius 3 is 2.25 bits per heavy atom. The quantitative estimate of drug-likeness (QED) is 0.145. The fourth-order valence-corrected chi connectivity index (χ4v) is 4.54. The monoisotopic (exact) mass is 537 g/mol. The average Bonchev–Trinajstić information content (AvgIpc) is 3.23.